The van der Waals surface area contributed by atoms with E-state index in [0.717, 1.165) is 23.1 Å². The van der Waals surface area contributed by atoms with E-state index in [1.54, 1.807) is 6.07 Å². The maximum absolute atomic E-state index is 11.0. The van der Waals surface area contributed by atoms with Crippen molar-refractivity contribution in [1.82, 2.24) is 4.98 Å². The molecule has 2 N–H and O–H groups in total. The van der Waals surface area contributed by atoms with E-state index < -0.39 is 28.5 Å². The highest BCUT2D eigenvalue weighted by Gasteiger charge is 2.25. The summed E-state index contributed by atoms with van der Waals surface area (Å²) in [5.41, 5.74) is 0.00942. The van der Waals surface area contributed by atoms with Crippen LogP contribution in [0, 0.1) is 10.1 Å². The number of rotatable bonds is 6. The third-order valence-corrected chi connectivity index (χ3v) is 4.75. The van der Waals surface area contributed by atoms with Crippen LogP contribution in [-0.4, -0.2) is 37.3 Å². The molecule has 0 radical (unpaired) electrons. The predicted octanol–water partition coefficient (Wildman–Crippen LogP) is 2.22. The number of nitro groups is 1. The quantitative estimate of drug-likeness (QED) is 0.469. The van der Waals surface area contributed by atoms with Crippen LogP contribution in [0.5, 0.6) is 0 Å². The summed E-state index contributed by atoms with van der Waals surface area (Å²) in [5.74, 6) is -2.50. The molecule has 0 saturated heterocycles. The Morgan fingerprint density at radius 1 is 1.43 bits per heavy atom. The summed E-state index contributed by atoms with van der Waals surface area (Å²) in [5, 5.41) is 27.4. The number of aliphatic carboxylic acids is 2. The van der Waals surface area contributed by atoms with Gasteiger partial charge in [-0.25, -0.2) is 4.98 Å². The molecule has 21 heavy (non-hydrogen) atoms. The fraction of sp³-hybridized carbons (Fsp3) is 0.182. The van der Waals surface area contributed by atoms with Crippen LogP contribution >= 0.6 is 23.1 Å². The van der Waals surface area contributed by atoms with E-state index in [0.29, 0.717) is 4.70 Å². The summed E-state index contributed by atoms with van der Waals surface area (Å²) in [6.07, 6.45) is -0.558. The third-order valence-electron chi connectivity index (χ3n) is 2.45. The molecule has 0 spiro atoms. The lowest BCUT2D eigenvalue weighted by Gasteiger charge is -2.06. The molecule has 1 aromatic carbocycles. The zero-order chi connectivity index (χ0) is 15.6. The number of hydrogen-bond acceptors (Lipinski definition) is 7. The van der Waals surface area contributed by atoms with Crippen molar-refractivity contribution in [3.05, 3.63) is 28.3 Å². The van der Waals surface area contributed by atoms with E-state index in [2.05, 4.69) is 4.98 Å². The SMILES string of the molecule is O=C(O)CC(Sc1nc2c([N+](=O)[O-])cccc2s1)C(=O)O. The number of carbonyl (C=O) groups is 2. The molecule has 0 saturated carbocycles. The second-order valence-corrected chi connectivity index (χ2v) is 6.38. The number of carboxylic acids is 2. The summed E-state index contributed by atoms with van der Waals surface area (Å²) in [4.78, 5) is 36.0. The number of fused-ring (bicyclic) bond motifs is 1. The van der Waals surface area contributed by atoms with Gasteiger partial charge >= 0.3 is 11.9 Å². The van der Waals surface area contributed by atoms with Crippen LogP contribution in [0.1, 0.15) is 6.42 Å². The van der Waals surface area contributed by atoms with Gasteiger partial charge in [-0.2, -0.15) is 0 Å². The first kappa shape index (κ1) is 15.2. The Kier molecular flexibility index (Phi) is 4.38. The van der Waals surface area contributed by atoms with Crippen molar-refractivity contribution >= 4 is 50.9 Å². The van der Waals surface area contributed by atoms with Gasteiger partial charge in [0.2, 0.25) is 0 Å². The first-order valence-corrected chi connectivity index (χ1v) is 7.23. The molecule has 0 aliphatic carbocycles. The Labute approximate surface area is 125 Å². The first-order valence-electron chi connectivity index (χ1n) is 5.53. The number of thioether (sulfide) groups is 1. The maximum atomic E-state index is 11.0. The molecule has 1 aromatic heterocycles. The Morgan fingerprint density at radius 3 is 2.71 bits per heavy atom. The molecule has 1 atom stereocenters. The molecule has 0 amide bonds. The highest BCUT2D eigenvalue weighted by molar-refractivity contribution is 8.02. The second-order valence-electron chi connectivity index (χ2n) is 3.90. The lowest BCUT2D eigenvalue weighted by atomic mass is 10.3. The number of carboxylic acid groups (broad SMARTS) is 2. The average molecular weight is 328 g/mol. The summed E-state index contributed by atoms with van der Waals surface area (Å²) in [6, 6.07) is 4.46. The van der Waals surface area contributed by atoms with Crippen LogP contribution in [0.4, 0.5) is 5.69 Å². The minimum absolute atomic E-state index is 0.166. The van der Waals surface area contributed by atoms with Crippen LogP contribution in [0.15, 0.2) is 22.5 Å². The maximum Gasteiger partial charge on any atom is 0.317 e. The summed E-state index contributed by atoms with van der Waals surface area (Å²) in [7, 11) is 0. The van der Waals surface area contributed by atoms with Crippen LogP contribution < -0.4 is 0 Å². The highest BCUT2D eigenvalue weighted by Crippen LogP contribution is 2.36. The van der Waals surface area contributed by atoms with E-state index in [9.17, 15) is 19.7 Å². The van der Waals surface area contributed by atoms with Gasteiger partial charge in [0.25, 0.3) is 5.69 Å². The van der Waals surface area contributed by atoms with Crippen molar-refractivity contribution < 1.29 is 24.7 Å². The van der Waals surface area contributed by atoms with E-state index >= 15 is 0 Å². The fourth-order valence-corrected chi connectivity index (χ4v) is 3.81. The van der Waals surface area contributed by atoms with Crippen molar-refractivity contribution in [3.8, 4) is 0 Å². The minimum Gasteiger partial charge on any atom is -0.481 e. The van der Waals surface area contributed by atoms with Gasteiger partial charge in [-0.3, -0.25) is 19.7 Å². The largest absolute Gasteiger partial charge is 0.481 e. The van der Waals surface area contributed by atoms with Crippen molar-refractivity contribution in [2.24, 2.45) is 0 Å². The normalized spacial score (nSPS) is 12.2. The molecule has 10 heteroatoms. The van der Waals surface area contributed by atoms with Crippen molar-refractivity contribution in [2.75, 3.05) is 0 Å². The molecule has 0 aliphatic rings. The molecule has 1 heterocycles. The summed E-state index contributed by atoms with van der Waals surface area (Å²) in [6.45, 7) is 0. The van der Waals surface area contributed by atoms with Gasteiger partial charge in [-0.05, 0) is 6.07 Å². The molecular weight excluding hydrogens is 320 g/mol. The van der Waals surface area contributed by atoms with Gasteiger partial charge < -0.3 is 10.2 Å². The van der Waals surface area contributed by atoms with Gasteiger partial charge in [0.15, 0.2) is 9.86 Å². The standard InChI is InChI=1S/C11H8N2O6S2/c14-8(15)4-7(10(16)17)21-11-12-9-5(13(18)19)2-1-3-6(9)20-11/h1-3,7H,4H2,(H,14,15)(H,16,17). The topological polar surface area (TPSA) is 131 Å². The smallest absolute Gasteiger partial charge is 0.317 e. The van der Waals surface area contributed by atoms with Crippen molar-refractivity contribution in [1.29, 1.82) is 0 Å². The summed E-state index contributed by atoms with van der Waals surface area (Å²) >= 11 is 1.87. The molecular formula is C11H8N2O6S2. The van der Waals surface area contributed by atoms with Crippen LogP contribution in [0.2, 0.25) is 0 Å². The molecule has 8 nitrogen and oxygen atoms in total. The Morgan fingerprint density at radius 2 is 2.14 bits per heavy atom. The number of thiazole rings is 1. The lowest BCUT2D eigenvalue weighted by molar-refractivity contribution is -0.383. The van der Waals surface area contributed by atoms with E-state index in [4.69, 9.17) is 10.2 Å². The minimum atomic E-state index is -1.27. The Bertz CT molecular complexity index is 729. The highest BCUT2D eigenvalue weighted by atomic mass is 32.2. The van der Waals surface area contributed by atoms with E-state index in [1.165, 1.54) is 12.1 Å². The number of para-hydroxylation sites is 1. The molecule has 110 valence electrons. The molecule has 0 bridgehead atoms. The molecule has 0 aliphatic heterocycles. The zero-order valence-corrected chi connectivity index (χ0v) is 11.9. The Hall–Kier alpha value is -2.20. The van der Waals surface area contributed by atoms with Gasteiger partial charge in [0.05, 0.1) is 16.0 Å². The predicted molar refractivity (Wildman–Crippen MR) is 75.8 cm³/mol. The number of hydrogen-bond donors (Lipinski definition) is 2. The molecule has 0 fully saturated rings. The van der Waals surface area contributed by atoms with Gasteiger partial charge in [0.1, 0.15) is 5.25 Å². The third kappa shape index (κ3) is 3.47. The van der Waals surface area contributed by atoms with Gasteiger partial charge in [-0.15, -0.1) is 11.3 Å². The Balaban J connectivity index is 2.34. The van der Waals surface area contributed by atoms with Gasteiger partial charge in [0, 0.05) is 6.07 Å². The van der Waals surface area contributed by atoms with Crippen molar-refractivity contribution in [3.63, 3.8) is 0 Å². The first-order chi connectivity index (χ1) is 9.88. The van der Waals surface area contributed by atoms with E-state index in [-0.39, 0.29) is 15.5 Å². The fourth-order valence-electron chi connectivity index (χ4n) is 1.57. The van der Waals surface area contributed by atoms with Crippen LogP contribution in [-0.2, 0) is 9.59 Å². The monoisotopic (exact) mass is 328 g/mol. The average Bonchev–Trinajstić information content (AvgIpc) is 2.78. The number of nitrogens with zero attached hydrogens (tertiary/aromatic N) is 2. The van der Waals surface area contributed by atoms with Crippen LogP contribution in [0.3, 0.4) is 0 Å². The summed E-state index contributed by atoms with van der Waals surface area (Å²) < 4.78 is 0.833. The van der Waals surface area contributed by atoms with E-state index in [1.807, 2.05) is 0 Å². The zero-order valence-electron chi connectivity index (χ0n) is 10.3. The second kappa shape index (κ2) is 6.06. The van der Waals surface area contributed by atoms with Crippen LogP contribution in [0.25, 0.3) is 10.2 Å². The molecule has 2 aromatic rings. The van der Waals surface area contributed by atoms with Crippen molar-refractivity contribution in [2.45, 2.75) is 16.0 Å². The number of benzene rings is 1. The molecule has 1 unspecified atom stereocenters. The molecule has 2 rings (SSSR count). The number of nitro benzene ring substituents is 1. The number of aromatic nitrogens is 1. The lowest BCUT2D eigenvalue weighted by Crippen LogP contribution is -2.20. The number of non-ortho nitro benzene ring substituents is 1. The van der Waals surface area contributed by atoms with Gasteiger partial charge in [-0.1, -0.05) is 17.8 Å².